The first-order chi connectivity index (χ1) is 10.5. The minimum atomic E-state index is -0.411. The second-order valence-corrected chi connectivity index (χ2v) is 5.14. The number of benzene rings is 1. The number of oxazole rings is 1. The molecule has 6 nitrogen and oxygen atoms in total. The van der Waals surface area contributed by atoms with Crippen LogP contribution in [-0.2, 0) is 4.74 Å². The van der Waals surface area contributed by atoms with Gasteiger partial charge in [-0.25, -0.2) is 4.98 Å². The number of methoxy groups -OCH3 is 1. The van der Waals surface area contributed by atoms with Crippen molar-refractivity contribution in [1.82, 2.24) is 4.98 Å². The van der Waals surface area contributed by atoms with Crippen LogP contribution in [-0.4, -0.2) is 31.2 Å². The predicted octanol–water partition coefficient (Wildman–Crippen LogP) is 3.57. The van der Waals surface area contributed by atoms with Crippen molar-refractivity contribution in [3.8, 4) is 5.75 Å². The van der Waals surface area contributed by atoms with Crippen LogP contribution >= 0.6 is 23.2 Å². The average Bonchev–Trinajstić information content (AvgIpc) is 2.88. The summed E-state index contributed by atoms with van der Waals surface area (Å²) in [5, 5.41) is 3.23. The van der Waals surface area contributed by atoms with Crippen LogP contribution in [0.1, 0.15) is 16.2 Å². The fourth-order valence-corrected chi connectivity index (χ4v) is 2.31. The summed E-state index contributed by atoms with van der Waals surface area (Å²) in [6.45, 7) is 2.38. The highest BCUT2D eigenvalue weighted by atomic mass is 35.5. The zero-order chi connectivity index (χ0) is 16.1. The Labute approximate surface area is 137 Å². The van der Waals surface area contributed by atoms with Crippen LogP contribution in [0.15, 0.2) is 22.9 Å². The third-order valence-corrected chi connectivity index (χ3v) is 3.31. The number of aromatic nitrogens is 1. The number of nitrogens with one attached hydrogen (secondary N) is 1. The number of nitrogens with zero attached hydrogens (tertiary/aromatic N) is 1. The Bertz CT molecular complexity index is 650. The van der Waals surface area contributed by atoms with E-state index < -0.39 is 5.91 Å². The molecule has 0 radical (unpaired) electrons. The van der Waals surface area contributed by atoms with Crippen molar-refractivity contribution < 1.29 is 18.7 Å². The number of rotatable bonds is 6. The van der Waals surface area contributed by atoms with Crippen LogP contribution in [0.3, 0.4) is 0 Å². The summed E-state index contributed by atoms with van der Waals surface area (Å²) in [6, 6.07) is 3.09. The lowest BCUT2D eigenvalue weighted by Gasteiger charge is -2.12. The molecule has 0 bridgehead atoms. The van der Waals surface area contributed by atoms with E-state index in [1.165, 1.54) is 6.39 Å². The fraction of sp³-hybridized carbons (Fsp3) is 0.286. The zero-order valence-electron chi connectivity index (χ0n) is 12.0. The third-order valence-electron chi connectivity index (χ3n) is 2.75. The third kappa shape index (κ3) is 3.91. The number of amides is 1. The number of hydrogen-bond donors (Lipinski definition) is 1. The molecule has 8 heteroatoms. The fourth-order valence-electron chi connectivity index (χ4n) is 1.71. The molecule has 0 aliphatic heterocycles. The number of carbonyl (C=O) groups excluding carboxylic acids is 1. The molecule has 0 saturated carbocycles. The van der Waals surface area contributed by atoms with E-state index in [2.05, 4.69) is 10.3 Å². The summed E-state index contributed by atoms with van der Waals surface area (Å²) in [7, 11) is 1.57. The smallest absolute Gasteiger partial charge is 0.277 e. The van der Waals surface area contributed by atoms with Gasteiger partial charge in [0.25, 0.3) is 5.91 Å². The van der Waals surface area contributed by atoms with Crippen molar-refractivity contribution in [3.63, 3.8) is 0 Å². The summed E-state index contributed by atoms with van der Waals surface area (Å²) >= 11 is 12.2. The van der Waals surface area contributed by atoms with Crippen molar-refractivity contribution in [1.29, 1.82) is 0 Å². The summed E-state index contributed by atoms with van der Waals surface area (Å²) < 4.78 is 15.3. The first-order valence-corrected chi connectivity index (χ1v) is 7.10. The molecule has 0 fully saturated rings. The van der Waals surface area contributed by atoms with Crippen molar-refractivity contribution >= 4 is 34.8 Å². The number of hydrogen-bond acceptors (Lipinski definition) is 5. The van der Waals surface area contributed by atoms with E-state index in [9.17, 15) is 4.79 Å². The Hall–Kier alpha value is -1.76. The van der Waals surface area contributed by atoms with E-state index in [4.69, 9.17) is 37.1 Å². The van der Waals surface area contributed by atoms with Crippen molar-refractivity contribution in [3.05, 3.63) is 40.0 Å². The van der Waals surface area contributed by atoms with Gasteiger partial charge in [0.1, 0.15) is 12.4 Å². The number of carbonyl (C=O) groups is 1. The largest absolute Gasteiger partial charge is 0.488 e. The van der Waals surface area contributed by atoms with Gasteiger partial charge in [-0.3, -0.25) is 4.79 Å². The number of ether oxygens (including phenoxy) is 2. The van der Waals surface area contributed by atoms with E-state index in [-0.39, 0.29) is 15.7 Å². The van der Waals surface area contributed by atoms with E-state index in [0.29, 0.717) is 30.4 Å². The summed E-state index contributed by atoms with van der Waals surface area (Å²) in [4.78, 5) is 15.9. The monoisotopic (exact) mass is 344 g/mol. The first-order valence-electron chi connectivity index (χ1n) is 6.35. The molecule has 1 aromatic carbocycles. The summed E-state index contributed by atoms with van der Waals surface area (Å²) in [6.07, 6.45) is 1.21. The summed E-state index contributed by atoms with van der Waals surface area (Å²) in [5.41, 5.74) is 0.633. The Balaban J connectivity index is 2.13. The van der Waals surface area contributed by atoms with Crippen LogP contribution in [0.5, 0.6) is 5.75 Å². The second-order valence-electron chi connectivity index (χ2n) is 4.32. The second kappa shape index (κ2) is 7.49. The molecule has 0 aliphatic carbocycles. The van der Waals surface area contributed by atoms with Gasteiger partial charge in [0.2, 0.25) is 0 Å². The number of aryl methyl sites for hydroxylation is 1. The molecule has 0 saturated heterocycles. The predicted molar refractivity (Wildman–Crippen MR) is 83.0 cm³/mol. The molecule has 0 unspecified atom stereocenters. The van der Waals surface area contributed by atoms with Crippen molar-refractivity contribution in [2.24, 2.45) is 0 Å². The number of anilines is 1. The molecular formula is C14H14Cl2N2O4. The van der Waals surface area contributed by atoms with E-state index in [0.717, 1.165) is 0 Å². The van der Waals surface area contributed by atoms with Gasteiger partial charge in [-0.1, -0.05) is 23.2 Å². The highest BCUT2D eigenvalue weighted by molar-refractivity contribution is 6.37. The van der Waals surface area contributed by atoms with Crippen molar-refractivity contribution in [2.45, 2.75) is 6.92 Å². The average molecular weight is 345 g/mol. The lowest BCUT2D eigenvalue weighted by atomic mass is 10.2. The van der Waals surface area contributed by atoms with E-state index in [1.54, 1.807) is 26.2 Å². The molecule has 22 heavy (non-hydrogen) atoms. The maximum absolute atomic E-state index is 12.0. The van der Waals surface area contributed by atoms with E-state index >= 15 is 0 Å². The molecule has 1 N–H and O–H groups in total. The van der Waals surface area contributed by atoms with Gasteiger partial charge in [-0.15, -0.1) is 0 Å². The molecule has 1 heterocycles. The minimum absolute atomic E-state index is 0.202. The quantitative estimate of drug-likeness (QED) is 0.811. The maximum Gasteiger partial charge on any atom is 0.277 e. The summed E-state index contributed by atoms with van der Waals surface area (Å²) in [5.74, 6) is 0.358. The molecule has 0 spiro atoms. The molecule has 0 atom stereocenters. The van der Waals surface area contributed by atoms with Gasteiger partial charge in [0, 0.05) is 12.8 Å². The Morgan fingerprint density at radius 3 is 2.55 bits per heavy atom. The zero-order valence-corrected chi connectivity index (χ0v) is 13.5. The molecule has 1 amide bonds. The molecule has 2 aromatic rings. The normalized spacial score (nSPS) is 10.5. The van der Waals surface area contributed by atoms with Crippen LogP contribution in [0.2, 0.25) is 10.0 Å². The Morgan fingerprint density at radius 1 is 1.32 bits per heavy atom. The standard InChI is InChI=1S/C14H14Cl2N2O4/c1-8-12(17-7-22-8)14(19)18-9-5-10(15)13(11(16)6-9)21-4-3-20-2/h5-7H,3-4H2,1-2H3,(H,18,19). The Kier molecular flexibility index (Phi) is 5.65. The van der Waals surface area contributed by atoms with Gasteiger partial charge in [0.15, 0.2) is 17.8 Å². The van der Waals surface area contributed by atoms with Gasteiger partial charge < -0.3 is 19.2 Å². The van der Waals surface area contributed by atoms with Crippen LogP contribution < -0.4 is 10.1 Å². The highest BCUT2D eigenvalue weighted by Gasteiger charge is 2.16. The van der Waals surface area contributed by atoms with Gasteiger partial charge in [0.05, 0.1) is 16.7 Å². The molecule has 0 aliphatic rings. The topological polar surface area (TPSA) is 73.6 Å². The van der Waals surface area contributed by atoms with Crippen LogP contribution in [0, 0.1) is 6.92 Å². The van der Waals surface area contributed by atoms with Crippen molar-refractivity contribution in [2.75, 3.05) is 25.6 Å². The van der Waals surface area contributed by atoms with Crippen LogP contribution in [0.4, 0.5) is 5.69 Å². The molecule has 1 aromatic heterocycles. The van der Waals surface area contributed by atoms with Gasteiger partial charge >= 0.3 is 0 Å². The highest BCUT2D eigenvalue weighted by Crippen LogP contribution is 2.36. The lowest BCUT2D eigenvalue weighted by Crippen LogP contribution is -2.13. The molecule has 118 valence electrons. The first kappa shape index (κ1) is 16.6. The maximum atomic E-state index is 12.0. The number of halogens is 2. The van der Waals surface area contributed by atoms with Gasteiger partial charge in [-0.05, 0) is 19.1 Å². The minimum Gasteiger partial charge on any atom is -0.488 e. The SMILES string of the molecule is COCCOc1c(Cl)cc(NC(=O)c2ncoc2C)cc1Cl. The molecular weight excluding hydrogens is 331 g/mol. The molecule has 2 rings (SSSR count). The van der Waals surface area contributed by atoms with E-state index in [1.807, 2.05) is 0 Å². The Morgan fingerprint density at radius 2 is 2.00 bits per heavy atom. The lowest BCUT2D eigenvalue weighted by molar-refractivity contribution is 0.102. The van der Waals surface area contributed by atoms with Gasteiger partial charge in [-0.2, -0.15) is 0 Å². The van der Waals surface area contributed by atoms with Crippen LogP contribution in [0.25, 0.3) is 0 Å².